The van der Waals surface area contributed by atoms with Gasteiger partial charge in [-0.1, -0.05) is 18.2 Å². The second kappa shape index (κ2) is 7.63. The molecule has 0 bridgehead atoms. The molecule has 3 aromatic heterocycles. The van der Waals surface area contributed by atoms with Gasteiger partial charge >= 0.3 is 0 Å². The lowest BCUT2D eigenvalue weighted by atomic mass is 10.1. The number of nitrogens with zero attached hydrogens (tertiary/aromatic N) is 2. The predicted octanol–water partition coefficient (Wildman–Crippen LogP) is 1.84. The Kier molecular flexibility index (Phi) is 5.14. The van der Waals surface area contributed by atoms with E-state index < -0.39 is 10.0 Å². The largest absolute Gasteiger partial charge is 0.351 e. The van der Waals surface area contributed by atoms with E-state index in [2.05, 4.69) is 10.3 Å². The topological polar surface area (TPSA) is 124 Å². The second-order valence-electron chi connectivity index (χ2n) is 6.83. The van der Waals surface area contributed by atoms with Gasteiger partial charge in [0.05, 0.1) is 15.2 Å². The first-order chi connectivity index (χ1) is 14.2. The molecular weight excluding hydrogens is 424 g/mol. The van der Waals surface area contributed by atoms with Crippen LogP contribution in [0.15, 0.2) is 58.4 Å². The molecule has 10 heteroatoms. The van der Waals surface area contributed by atoms with E-state index in [0.29, 0.717) is 33.7 Å². The average molecular weight is 443 g/mol. The molecule has 4 rings (SSSR count). The third kappa shape index (κ3) is 3.84. The molecule has 3 N–H and O–H groups in total. The fourth-order valence-corrected chi connectivity index (χ4v) is 4.58. The van der Waals surface area contributed by atoms with Crippen LogP contribution in [-0.4, -0.2) is 30.3 Å². The van der Waals surface area contributed by atoms with E-state index in [9.17, 15) is 18.0 Å². The molecule has 0 radical (unpaired) electrons. The summed E-state index contributed by atoms with van der Waals surface area (Å²) in [6.45, 7) is 2.24. The molecular formula is C20H18N4O4S2. The van der Waals surface area contributed by atoms with Crippen molar-refractivity contribution in [3.63, 3.8) is 0 Å². The molecule has 0 spiro atoms. The van der Waals surface area contributed by atoms with Crippen molar-refractivity contribution in [1.29, 1.82) is 0 Å². The molecule has 0 aliphatic heterocycles. The lowest BCUT2D eigenvalue weighted by Crippen LogP contribution is -2.24. The molecule has 0 saturated carbocycles. The number of fused-ring (bicyclic) bond motifs is 2. The molecule has 4 aromatic rings. The average Bonchev–Trinajstić information content (AvgIpc) is 3.13. The minimum atomic E-state index is -3.72. The Hall–Kier alpha value is -3.08. The van der Waals surface area contributed by atoms with Crippen LogP contribution >= 0.6 is 11.3 Å². The number of primary sulfonamides is 1. The van der Waals surface area contributed by atoms with Crippen LogP contribution in [-0.2, 0) is 16.4 Å². The third-order valence-electron chi connectivity index (χ3n) is 4.71. The number of carbonyl (C=O) groups excluding carboxylic acids is 1. The lowest BCUT2D eigenvalue weighted by Gasteiger charge is -2.05. The maximum Gasteiger partial charge on any atom is 0.266 e. The Balaban J connectivity index is 1.50. The third-order valence-corrected chi connectivity index (χ3v) is 6.66. The number of nitrogens with two attached hydrogens (primary N) is 1. The molecule has 0 atom stereocenters. The Morgan fingerprint density at radius 1 is 1.23 bits per heavy atom. The van der Waals surface area contributed by atoms with Gasteiger partial charge in [0, 0.05) is 12.7 Å². The number of thiophene rings is 1. The number of aromatic nitrogens is 2. The van der Waals surface area contributed by atoms with Crippen molar-refractivity contribution in [2.24, 2.45) is 5.14 Å². The number of sulfonamides is 1. The summed E-state index contributed by atoms with van der Waals surface area (Å²) >= 11 is 1.18. The van der Waals surface area contributed by atoms with Crippen molar-refractivity contribution in [3.05, 3.63) is 75.0 Å². The first-order valence-electron chi connectivity index (χ1n) is 9.05. The molecule has 30 heavy (non-hydrogen) atoms. The summed E-state index contributed by atoms with van der Waals surface area (Å²) in [5, 5.41) is 8.31. The van der Waals surface area contributed by atoms with Crippen molar-refractivity contribution in [1.82, 2.24) is 14.7 Å². The zero-order valence-corrected chi connectivity index (χ0v) is 17.6. The number of hydrogen-bond donors (Lipinski definition) is 2. The van der Waals surface area contributed by atoms with Gasteiger partial charge in [0.15, 0.2) is 0 Å². The van der Waals surface area contributed by atoms with E-state index in [-0.39, 0.29) is 16.4 Å². The first-order valence-corrected chi connectivity index (χ1v) is 11.4. The van der Waals surface area contributed by atoms with Crippen molar-refractivity contribution in [3.8, 4) is 0 Å². The van der Waals surface area contributed by atoms with E-state index in [1.165, 1.54) is 27.9 Å². The van der Waals surface area contributed by atoms with Gasteiger partial charge in [-0.2, -0.15) is 0 Å². The standard InChI is InChI=1S/C20H18N4O4S2/c1-12-3-2-10-24-17(12)23-19-15(20(24)26)11-16(29-19)18(25)22-9-8-13-4-6-14(7-5-13)30(21,27)28/h2-7,10-11H,8-9H2,1H3,(H,22,25)(H2,21,27,28). The molecule has 8 nitrogen and oxygen atoms in total. The summed E-state index contributed by atoms with van der Waals surface area (Å²) < 4.78 is 24.1. The van der Waals surface area contributed by atoms with Gasteiger partial charge < -0.3 is 5.32 Å². The van der Waals surface area contributed by atoms with Crippen LogP contribution in [0.3, 0.4) is 0 Å². The molecule has 0 unspecified atom stereocenters. The summed E-state index contributed by atoms with van der Waals surface area (Å²) in [7, 11) is -3.72. The molecule has 3 heterocycles. The summed E-state index contributed by atoms with van der Waals surface area (Å²) in [5.74, 6) is -0.288. The highest BCUT2D eigenvalue weighted by Crippen LogP contribution is 2.22. The minimum absolute atomic E-state index is 0.0435. The van der Waals surface area contributed by atoms with Crippen LogP contribution in [0.25, 0.3) is 15.9 Å². The number of nitrogens with one attached hydrogen (secondary N) is 1. The van der Waals surface area contributed by atoms with Crippen molar-refractivity contribution in [2.75, 3.05) is 6.54 Å². The Morgan fingerprint density at radius 3 is 2.67 bits per heavy atom. The Morgan fingerprint density at radius 2 is 1.97 bits per heavy atom. The van der Waals surface area contributed by atoms with E-state index >= 15 is 0 Å². The van der Waals surface area contributed by atoms with Crippen LogP contribution in [0.1, 0.15) is 20.8 Å². The highest BCUT2D eigenvalue weighted by molar-refractivity contribution is 7.89. The number of rotatable bonds is 5. The molecule has 0 saturated heterocycles. The van der Waals surface area contributed by atoms with Crippen LogP contribution in [0.4, 0.5) is 0 Å². The predicted molar refractivity (Wildman–Crippen MR) is 115 cm³/mol. The maximum absolute atomic E-state index is 12.7. The zero-order chi connectivity index (χ0) is 21.5. The summed E-state index contributed by atoms with van der Waals surface area (Å²) in [5.41, 5.74) is 2.11. The van der Waals surface area contributed by atoms with E-state index in [4.69, 9.17) is 5.14 Å². The molecule has 0 aliphatic rings. The van der Waals surface area contributed by atoms with Crippen LogP contribution in [0.5, 0.6) is 0 Å². The molecule has 1 aromatic carbocycles. The lowest BCUT2D eigenvalue weighted by molar-refractivity contribution is 0.0958. The fourth-order valence-electron chi connectivity index (χ4n) is 3.12. The number of hydrogen-bond acceptors (Lipinski definition) is 6. The van der Waals surface area contributed by atoms with Crippen LogP contribution < -0.4 is 16.0 Å². The minimum Gasteiger partial charge on any atom is -0.351 e. The van der Waals surface area contributed by atoms with Crippen molar-refractivity contribution < 1.29 is 13.2 Å². The first kappa shape index (κ1) is 20.2. The summed E-state index contributed by atoms with van der Waals surface area (Å²) in [4.78, 5) is 30.8. The summed E-state index contributed by atoms with van der Waals surface area (Å²) in [6, 6.07) is 11.4. The monoisotopic (exact) mass is 442 g/mol. The quantitative estimate of drug-likeness (QED) is 0.488. The molecule has 0 aliphatic carbocycles. The number of aryl methyl sites for hydroxylation is 1. The second-order valence-corrected chi connectivity index (χ2v) is 9.42. The van der Waals surface area contributed by atoms with Gasteiger partial charge in [0.25, 0.3) is 11.5 Å². The highest BCUT2D eigenvalue weighted by Gasteiger charge is 2.15. The number of carbonyl (C=O) groups is 1. The van der Waals surface area contributed by atoms with Gasteiger partial charge in [-0.25, -0.2) is 18.5 Å². The smallest absolute Gasteiger partial charge is 0.266 e. The van der Waals surface area contributed by atoms with E-state index in [1.54, 1.807) is 30.5 Å². The fraction of sp³-hybridized carbons (Fsp3) is 0.150. The number of pyridine rings is 1. The SMILES string of the molecule is Cc1cccn2c(=O)c3cc(C(=O)NCCc4ccc(S(N)(=O)=O)cc4)sc3nc12. The normalized spacial score (nSPS) is 11.8. The summed E-state index contributed by atoms with van der Waals surface area (Å²) in [6.07, 6.45) is 2.18. The maximum atomic E-state index is 12.7. The van der Waals surface area contributed by atoms with Gasteiger partial charge in [-0.05, 0) is 48.7 Å². The molecule has 0 fully saturated rings. The van der Waals surface area contributed by atoms with Crippen molar-refractivity contribution >= 4 is 43.1 Å². The molecule has 1 amide bonds. The van der Waals surface area contributed by atoms with E-state index in [0.717, 1.165) is 11.1 Å². The zero-order valence-electron chi connectivity index (χ0n) is 16.0. The number of amides is 1. The van der Waals surface area contributed by atoms with Gasteiger partial charge in [0.1, 0.15) is 10.5 Å². The Bertz CT molecular complexity index is 1440. The molecule has 154 valence electrons. The van der Waals surface area contributed by atoms with Crippen LogP contribution in [0.2, 0.25) is 0 Å². The van der Waals surface area contributed by atoms with E-state index in [1.807, 2.05) is 13.0 Å². The van der Waals surface area contributed by atoms with Gasteiger partial charge in [-0.15, -0.1) is 11.3 Å². The highest BCUT2D eigenvalue weighted by atomic mass is 32.2. The number of benzene rings is 1. The van der Waals surface area contributed by atoms with Crippen molar-refractivity contribution in [2.45, 2.75) is 18.2 Å². The Labute approximate surface area is 176 Å². The van der Waals surface area contributed by atoms with Gasteiger partial charge in [0.2, 0.25) is 10.0 Å². The van der Waals surface area contributed by atoms with Crippen LogP contribution in [0, 0.1) is 6.92 Å². The van der Waals surface area contributed by atoms with Gasteiger partial charge in [-0.3, -0.25) is 14.0 Å².